The molecule has 29 heavy (non-hydrogen) atoms. The SMILES string of the molecule is COc1ccc(-n2nnc3cnc(NC4CCN(c5ccncc5)C4)nc32)cc1. The van der Waals surface area contributed by atoms with Crippen molar-refractivity contribution in [2.24, 2.45) is 0 Å². The molecule has 146 valence electrons. The van der Waals surface area contributed by atoms with Crippen LogP contribution in [0.5, 0.6) is 5.75 Å². The molecule has 1 aliphatic rings. The van der Waals surface area contributed by atoms with Gasteiger partial charge in [-0.1, -0.05) is 5.21 Å². The molecule has 0 aliphatic carbocycles. The molecule has 4 heterocycles. The summed E-state index contributed by atoms with van der Waals surface area (Å²) < 4.78 is 6.93. The van der Waals surface area contributed by atoms with E-state index in [0.717, 1.165) is 30.9 Å². The average Bonchev–Trinajstić information content (AvgIpc) is 3.41. The summed E-state index contributed by atoms with van der Waals surface area (Å²) in [5.74, 6) is 1.37. The number of hydrogen-bond donors (Lipinski definition) is 1. The second-order valence-corrected chi connectivity index (χ2v) is 6.88. The molecule has 0 amide bonds. The minimum absolute atomic E-state index is 0.269. The van der Waals surface area contributed by atoms with E-state index in [1.165, 1.54) is 5.69 Å². The Kier molecular flexibility index (Phi) is 4.39. The van der Waals surface area contributed by atoms with Gasteiger partial charge in [-0.25, -0.2) is 4.98 Å². The van der Waals surface area contributed by atoms with Crippen molar-refractivity contribution in [3.05, 3.63) is 55.0 Å². The first kappa shape index (κ1) is 17.4. The van der Waals surface area contributed by atoms with Crippen molar-refractivity contribution in [3.63, 3.8) is 0 Å². The molecule has 1 unspecified atom stereocenters. The summed E-state index contributed by atoms with van der Waals surface area (Å²) in [6.45, 7) is 1.87. The molecular weight excluding hydrogens is 368 g/mol. The molecule has 1 aromatic carbocycles. The van der Waals surface area contributed by atoms with Crippen molar-refractivity contribution >= 4 is 22.8 Å². The maximum Gasteiger partial charge on any atom is 0.225 e. The van der Waals surface area contributed by atoms with Gasteiger partial charge in [0.2, 0.25) is 5.95 Å². The molecule has 9 nitrogen and oxygen atoms in total. The van der Waals surface area contributed by atoms with Crippen molar-refractivity contribution in [1.29, 1.82) is 0 Å². The van der Waals surface area contributed by atoms with Crippen LogP contribution in [-0.4, -0.2) is 56.2 Å². The summed E-state index contributed by atoms with van der Waals surface area (Å²) in [5, 5.41) is 11.9. The second kappa shape index (κ2) is 7.34. The second-order valence-electron chi connectivity index (χ2n) is 6.88. The quantitative estimate of drug-likeness (QED) is 0.557. The fraction of sp³-hybridized carbons (Fsp3) is 0.250. The molecule has 0 spiro atoms. The molecule has 1 aliphatic heterocycles. The van der Waals surface area contributed by atoms with Crippen LogP contribution < -0.4 is 15.0 Å². The van der Waals surface area contributed by atoms with E-state index in [0.29, 0.717) is 17.1 Å². The third-order valence-electron chi connectivity index (χ3n) is 5.06. The Morgan fingerprint density at radius 2 is 1.90 bits per heavy atom. The van der Waals surface area contributed by atoms with Gasteiger partial charge >= 0.3 is 0 Å². The number of ether oxygens (including phenoxy) is 1. The van der Waals surface area contributed by atoms with Gasteiger partial charge in [0.1, 0.15) is 5.75 Å². The first-order valence-electron chi connectivity index (χ1n) is 9.44. The van der Waals surface area contributed by atoms with Crippen molar-refractivity contribution in [2.75, 3.05) is 30.4 Å². The first-order valence-corrected chi connectivity index (χ1v) is 9.44. The highest BCUT2D eigenvalue weighted by molar-refractivity contribution is 5.72. The number of anilines is 2. The standard InChI is InChI=1S/C20H20N8O/c1-29-17-4-2-16(3-5-17)28-19-18(25-26-28)12-22-20(24-19)23-14-8-11-27(13-14)15-6-9-21-10-7-15/h2-7,9-10,12,14H,8,11,13H2,1H3,(H,22,23,24). The van der Waals surface area contributed by atoms with Crippen LogP contribution in [0.3, 0.4) is 0 Å². The largest absolute Gasteiger partial charge is 0.497 e. The van der Waals surface area contributed by atoms with Gasteiger partial charge in [-0.3, -0.25) is 4.98 Å². The Morgan fingerprint density at radius 1 is 1.07 bits per heavy atom. The lowest BCUT2D eigenvalue weighted by atomic mass is 10.3. The summed E-state index contributed by atoms with van der Waals surface area (Å²) >= 11 is 0. The predicted octanol–water partition coefficient (Wildman–Crippen LogP) is 2.30. The Morgan fingerprint density at radius 3 is 2.69 bits per heavy atom. The van der Waals surface area contributed by atoms with Crippen molar-refractivity contribution in [2.45, 2.75) is 12.5 Å². The molecule has 3 aromatic heterocycles. The van der Waals surface area contributed by atoms with Gasteiger partial charge in [0.15, 0.2) is 11.2 Å². The number of methoxy groups -OCH3 is 1. The molecule has 9 heteroatoms. The highest BCUT2D eigenvalue weighted by Crippen LogP contribution is 2.22. The van der Waals surface area contributed by atoms with E-state index in [-0.39, 0.29) is 6.04 Å². The highest BCUT2D eigenvalue weighted by Gasteiger charge is 2.23. The summed E-state index contributed by atoms with van der Waals surface area (Å²) in [4.78, 5) is 15.5. The predicted molar refractivity (Wildman–Crippen MR) is 109 cm³/mol. The van der Waals surface area contributed by atoms with E-state index in [4.69, 9.17) is 4.74 Å². The molecule has 1 N–H and O–H groups in total. The van der Waals surface area contributed by atoms with E-state index < -0.39 is 0 Å². The lowest BCUT2D eigenvalue weighted by Crippen LogP contribution is -2.26. The molecule has 1 atom stereocenters. The topological polar surface area (TPSA) is 93.9 Å². The summed E-state index contributed by atoms with van der Waals surface area (Å²) in [6, 6.07) is 11.9. The third kappa shape index (κ3) is 3.42. The Balaban J connectivity index is 1.36. The average molecular weight is 388 g/mol. The van der Waals surface area contributed by atoms with Crippen LogP contribution in [0.25, 0.3) is 16.9 Å². The smallest absolute Gasteiger partial charge is 0.225 e. The summed E-state index contributed by atoms with van der Waals surface area (Å²) in [6.07, 6.45) is 6.36. The number of hydrogen-bond acceptors (Lipinski definition) is 8. The highest BCUT2D eigenvalue weighted by atomic mass is 16.5. The van der Waals surface area contributed by atoms with E-state index in [2.05, 4.69) is 35.5 Å². The van der Waals surface area contributed by atoms with Gasteiger partial charge in [-0.05, 0) is 42.8 Å². The monoisotopic (exact) mass is 388 g/mol. The molecule has 0 radical (unpaired) electrons. The molecule has 1 saturated heterocycles. The van der Waals surface area contributed by atoms with E-state index in [1.807, 2.05) is 48.8 Å². The summed E-state index contributed by atoms with van der Waals surface area (Å²) in [7, 11) is 1.64. The van der Waals surface area contributed by atoms with E-state index in [9.17, 15) is 0 Å². The number of fused-ring (bicyclic) bond motifs is 1. The zero-order chi connectivity index (χ0) is 19.6. The first-order chi connectivity index (χ1) is 14.3. The Bertz CT molecular complexity index is 1110. The normalized spacial score (nSPS) is 16.3. The van der Waals surface area contributed by atoms with E-state index in [1.54, 1.807) is 18.0 Å². The minimum atomic E-state index is 0.269. The molecule has 0 saturated carbocycles. The van der Waals surface area contributed by atoms with Crippen LogP contribution in [-0.2, 0) is 0 Å². The zero-order valence-electron chi connectivity index (χ0n) is 15.9. The number of nitrogens with one attached hydrogen (secondary N) is 1. The zero-order valence-corrected chi connectivity index (χ0v) is 15.9. The maximum atomic E-state index is 5.22. The number of pyridine rings is 1. The molecule has 4 aromatic rings. The fourth-order valence-electron chi connectivity index (χ4n) is 3.55. The molecule has 5 rings (SSSR count). The van der Waals surface area contributed by atoms with Gasteiger partial charge < -0.3 is 15.0 Å². The van der Waals surface area contributed by atoms with Crippen molar-refractivity contribution in [1.82, 2.24) is 29.9 Å². The molecular formula is C20H20N8O. The number of benzene rings is 1. The Labute approximate surface area is 167 Å². The van der Waals surface area contributed by atoms with Gasteiger partial charge in [0.25, 0.3) is 0 Å². The van der Waals surface area contributed by atoms with Gasteiger partial charge in [-0.2, -0.15) is 9.67 Å². The maximum absolute atomic E-state index is 5.22. The van der Waals surface area contributed by atoms with E-state index >= 15 is 0 Å². The number of rotatable bonds is 5. The van der Waals surface area contributed by atoms with Crippen LogP contribution in [0.2, 0.25) is 0 Å². The molecule has 1 fully saturated rings. The van der Waals surface area contributed by atoms with Gasteiger partial charge in [0.05, 0.1) is 19.0 Å². The van der Waals surface area contributed by atoms with Crippen molar-refractivity contribution < 1.29 is 4.74 Å². The Hall–Kier alpha value is -3.75. The fourth-order valence-corrected chi connectivity index (χ4v) is 3.55. The number of aromatic nitrogens is 6. The third-order valence-corrected chi connectivity index (χ3v) is 5.06. The van der Waals surface area contributed by atoms with Gasteiger partial charge in [0, 0.05) is 37.2 Å². The van der Waals surface area contributed by atoms with Crippen LogP contribution in [0.15, 0.2) is 55.0 Å². The number of nitrogens with zero attached hydrogens (tertiary/aromatic N) is 7. The molecule has 0 bridgehead atoms. The van der Waals surface area contributed by atoms with Crippen LogP contribution in [0.4, 0.5) is 11.6 Å². The lowest BCUT2D eigenvalue weighted by Gasteiger charge is -2.18. The van der Waals surface area contributed by atoms with Crippen molar-refractivity contribution in [3.8, 4) is 11.4 Å². The van der Waals surface area contributed by atoms with Crippen LogP contribution >= 0.6 is 0 Å². The minimum Gasteiger partial charge on any atom is -0.497 e. The van der Waals surface area contributed by atoms with Crippen LogP contribution in [0, 0.1) is 0 Å². The lowest BCUT2D eigenvalue weighted by molar-refractivity contribution is 0.414. The summed E-state index contributed by atoms with van der Waals surface area (Å²) in [5.41, 5.74) is 3.36. The van der Waals surface area contributed by atoms with Gasteiger partial charge in [-0.15, -0.1) is 5.10 Å². The van der Waals surface area contributed by atoms with Crippen LogP contribution in [0.1, 0.15) is 6.42 Å².